The predicted molar refractivity (Wildman–Crippen MR) is 83.6 cm³/mol. The monoisotopic (exact) mass is 272 g/mol. The Hall–Kier alpha value is -1.45. The quantitative estimate of drug-likeness (QED) is 0.814. The van der Waals surface area contributed by atoms with Crippen LogP contribution in [-0.2, 0) is 6.54 Å². The molecule has 3 nitrogen and oxygen atoms in total. The van der Waals surface area contributed by atoms with Gasteiger partial charge >= 0.3 is 0 Å². The minimum Gasteiger partial charge on any atom is -0.396 e. The van der Waals surface area contributed by atoms with E-state index < -0.39 is 0 Å². The lowest BCUT2D eigenvalue weighted by atomic mass is 9.83. The van der Waals surface area contributed by atoms with Crippen molar-refractivity contribution in [2.45, 2.75) is 33.2 Å². The average molecular weight is 272 g/mol. The van der Waals surface area contributed by atoms with E-state index in [4.69, 9.17) is 0 Å². The zero-order valence-corrected chi connectivity index (χ0v) is 12.4. The number of hydrogen-bond acceptors (Lipinski definition) is 3. The lowest BCUT2D eigenvalue weighted by Crippen LogP contribution is -2.36. The first kappa shape index (κ1) is 14.9. The van der Waals surface area contributed by atoms with Crippen molar-refractivity contribution in [3.63, 3.8) is 0 Å². The van der Waals surface area contributed by atoms with E-state index in [1.165, 1.54) is 10.9 Å². The van der Waals surface area contributed by atoms with E-state index >= 15 is 0 Å². The molecule has 2 N–H and O–H groups in total. The Labute approximate surface area is 121 Å². The summed E-state index contributed by atoms with van der Waals surface area (Å²) in [5.74, 6) is 0. The molecule has 20 heavy (non-hydrogen) atoms. The highest BCUT2D eigenvalue weighted by Crippen LogP contribution is 2.24. The predicted octanol–water partition coefficient (Wildman–Crippen LogP) is 3.12. The third-order valence-electron chi connectivity index (χ3n) is 4.37. The first-order chi connectivity index (χ1) is 9.74. The van der Waals surface area contributed by atoms with Gasteiger partial charge in [0.1, 0.15) is 0 Å². The number of aliphatic hydroxyl groups is 1. The lowest BCUT2D eigenvalue weighted by Gasteiger charge is -2.29. The fourth-order valence-corrected chi connectivity index (χ4v) is 2.55. The van der Waals surface area contributed by atoms with E-state index in [-0.39, 0.29) is 12.0 Å². The third-order valence-corrected chi connectivity index (χ3v) is 4.37. The van der Waals surface area contributed by atoms with Gasteiger partial charge in [0.25, 0.3) is 0 Å². The van der Waals surface area contributed by atoms with E-state index in [9.17, 15) is 5.11 Å². The SMILES string of the molecule is CCC(CC)(CO)CNCc1cccc2cccnc12. The van der Waals surface area contributed by atoms with Crippen LogP contribution in [0.3, 0.4) is 0 Å². The van der Waals surface area contributed by atoms with E-state index in [1.54, 1.807) is 0 Å². The molecule has 1 aromatic carbocycles. The minimum atomic E-state index is -0.00197. The second-order valence-corrected chi connectivity index (χ2v) is 5.46. The highest BCUT2D eigenvalue weighted by Gasteiger charge is 2.24. The fraction of sp³-hybridized carbons (Fsp3) is 0.471. The molecule has 0 fully saturated rings. The van der Waals surface area contributed by atoms with Crippen LogP contribution in [0.25, 0.3) is 10.9 Å². The Balaban J connectivity index is 2.06. The van der Waals surface area contributed by atoms with Gasteiger partial charge in [-0.25, -0.2) is 0 Å². The summed E-state index contributed by atoms with van der Waals surface area (Å²) in [5, 5.41) is 14.3. The molecule has 1 aromatic heterocycles. The highest BCUT2D eigenvalue weighted by atomic mass is 16.3. The number of hydrogen-bond donors (Lipinski definition) is 2. The molecule has 2 rings (SSSR count). The van der Waals surface area contributed by atoms with Crippen molar-refractivity contribution in [2.24, 2.45) is 5.41 Å². The molecule has 0 saturated heterocycles. The topological polar surface area (TPSA) is 45.1 Å². The summed E-state index contributed by atoms with van der Waals surface area (Å²) in [6.07, 6.45) is 3.81. The summed E-state index contributed by atoms with van der Waals surface area (Å²) in [4.78, 5) is 4.47. The van der Waals surface area contributed by atoms with Crippen LogP contribution in [0.2, 0.25) is 0 Å². The van der Waals surface area contributed by atoms with Crippen LogP contribution in [0.4, 0.5) is 0 Å². The smallest absolute Gasteiger partial charge is 0.0746 e. The molecule has 0 aliphatic carbocycles. The number of nitrogens with zero attached hydrogens (tertiary/aromatic N) is 1. The standard InChI is InChI=1S/C17H24N2O/c1-3-17(4-2,13-20)12-18-11-15-8-5-7-14-9-6-10-19-16(14)15/h5-10,18,20H,3-4,11-13H2,1-2H3. The lowest BCUT2D eigenvalue weighted by molar-refractivity contribution is 0.113. The Morgan fingerprint density at radius 3 is 2.60 bits per heavy atom. The van der Waals surface area contributed by atoms with Crippen molar-refractivity contribution in [1.29, 1.82) is 0 Å². The van der Waals surface area contributed by atoms with E-state index in [1.807, 2.05) is 12.3 Å². The fourth-order valence-electron chi connectivity index (χ4n) is 2.55. The zero-order chi connectivity index (χ0) is 14.4. The van der Waals surface area contributed by atoms with E-state index in [0.717, 1.165) is 31.4 Å². The van der Waals surface area contributed by atoms with Crippen LogP contribution in [0.5, 0.6) is 0 Å². The zero-order valence-electron chi connectivity index (χ0n) is 12.4. The Morgan fingerprint density at radius 2 is 1.90 bits per heavy atom. The van der Waals surface area contributed by atoms with E-state index in [2.05, 4.69) is 48.4 Å². The van der Waals surface area contributed by atoms with Gasteiger partial charge in [0.2, 0.25) is 0 Å². The van der Waals surface area contributed by atoms with Crippen LogP contribution in [0, 0.1) is 5.41 Å². The van der Waals surface area contributed by atoms with Gasteiger partial charge in [-0.05, 0) is 24.5 Å². The van der Waals surface area contributed by atoms with Crippen LogP contribution < -0.4 is 5.32 Å². The van der Waals surface area contributed by atoms with Gasteiger partial charge in [0.05, 0.1) is 5.52 Å². The van der Waals surface area contributed by atoms with Crippen molar-refractivity contribution < 1.29 is 5.11 Å². The molecule has 0 bridgehead atoms. The van der Waals surface area contributed by atoms with Crippen molar-refractivity contribution in [2.75, 3.05) is 13.2 Å². The average Bonchev–Trinajstić information content (AvgIpc) is 2.52. The normalized spacial score (nSPS) is 11.9. The molecule has 0 unspecified atom stereocenters. The molecule has 2 aromatic rings. The van der Waals surface area contributed by atoms with Crippen molar-refractivity contribution >= 4 is 10.9 Å². The van der Waals surface area contributed by atoms with Crippen molar-refractivity contribution in [3.8, 4) is 0 Å². The first-order valence-corrected chi connectivity index (χ1v) is 7.39. The largest absolute Gasteiger partial charge is 0.396 e. The molecule has 0 amide bonds. The first-order valence-electron chi connectivity index (χ1n) is 7.39. The molecule has 108 valence electrons. The molecular formula is C17H24N2O. The van der Waals surface area contributed by atoms with Crippen molar-refractivity contribution in [3.05, 3.63) is 42.1 Å². The molecule has 0 aliphatic heterocycles. The number of nitrogens with one attached hydrogen (secondary N) is 1. The molecule has 0 spiro atoms. The molecule has 0 radical (unpaired) electrons. The molecule has 0 saturated carbocycles. The summed E-state index contributed by atoms with van der Waals surface area (Å²) in [7, 11) is 0. The summed E-state index contributed by atoms with van der Waals surface area (Å²) in [5.41, 5.74) is 2.27. The van der Waals surface area contributed by atoms with Gasteiger partial charge in [-0.2, -0.15) is 0 Å². The van der Waals surface area contributed by atoms with Gasteiger partial charge in [0.15, 0.2) is 0 Å². The number of aliphatic hydroxyl groups excluding tert-OH is 1. The van der Waals surface area contributed by atoms with Crippen LogP contribution >= 0.6 is 0 Å². The summed E-state index contributed by atoms with van der Waals surface area (Å²) in [6.45, 7) is 6.14. The van der Waals surface area contributed by atoms with Crippen LogP contribution in [-0.4, -0.2) is 23.2 Å². The Bertz CT molecular complexity index is 536. The molecule has 0 atom stereocenters. The van der Waals surface area contributed by atoms with Crippen molar-refractivity contribution in [1.82, 2.24) is 10.3 Å². The number of para-hydroxylation sites is 1. The van der Waals surface area contributed by atoms with Crippen LogP contribution in [0.1, 0.15) is 32.3 Å². The minimum absolute atomic E-state index is 0.00197. The Morgan fingerprint density at radius 1 is 1.15 bits per heavy atom. The van der Waals surface area contributed by atoms with Gasteiger partial charge in [-0.15, -0.1) is 0 Å². The number of aromatic nitrogens is 1. The number of pyridine rings is 1. The highest BCUT2D eigenvalue weighted by molar-refractivity contribution is 5.81. The van der Waals surface area contributed by atoms with Crippen LogP contribution in [0.15, 0.2) is 36.5 Å². The van der Waals surface area contributed by atoms with Gasteiger partial charge in [-0.1, -0.05) is 38.1 Å². The van der Waals surface area contributed by atoms with Gasteiger partial charge in [0, 0.05) is 36.7 Å². The maximum absolute atomic E-state index is 9.59. The second-order valence-electron chi connectivity index (χ2n) is 5.46. The second kappa shape index (κ2) is 6.82. The van der Waals surface area contributed by atoms with Gasteiger partial charge in [-0.3, -0.25) is 4.98 Å². The molecule has 0 aliphatic rings. The number of fused-ring (bicyclic) bond motifs is 1. The third kappa shape index (κ3) is 3.17. The summed E-state index contributed by atoms with van der Waals surface area (Å²) in [6, 6.07) is 10.3. The summed E-state index contributed by atoms with van der Waals surface area (Å²) < 4.78 is 0. The number of rotatable bonds is 7. The Kier molecular flexibility index (Phi) is 5.10. The maximum Gasteiger partial charge on any atom is 0.0746 e. The van der Waals surface area contributed by atoms with Gasteiger partial charge < -0.3 is 10.4 Å². The molecular weight excluding hydrogens is 248 g/mol. The molecule has 3 heteroatoms. The number of benzene rings is 1. The summed E-state index contributed by atoms with van der Waals surface area (Å²) >= 11 is 0. The molecule has 1 heterocycles. The van der Waals surface area contributed by atoms with E-state index in [0.29, 0.717) is 0 Å². The maximum atomic E-state index is 9.59.